The van der Waals surface area contributed by atoms with Gasteiger partial charge < -0.3 is 19.8 Å². The SMILES string of the molecule is Cc1ccoc1C(=O)Nc1ccc(NC2CCOCC2)cc1. The van der Waals surface area contributed by atoms with Gasteiger partial charge in [0.2, 0.25) is 0 Å². The van der Waals surface area contributed by atoms with Crippen molar-refractivity contribution in [2.24, 2.45) is 0 Å². The Morgan fingerprint density at radius 3 is 2.41 bits per heavy atom. The molecule has 3 rings (SSSR count). The van der Waals surface area contributed by atoms with Crippen molar-refractivity contribution in [3.63, 3.8) is 0 Å². The number of carbonyl (C=O) groups excluding carboxylic acids is 1. The number of aryl methyl sites for hydroxylation is 1. The highest BCUT2D eigenvalue weighted by Crippen LogP contribution is 2.19. The van der Waals surface area contributed by atoms with Gasteiger partial charge in [0, 0.05) is 36.2 Å². The van der Waals surface area contributed by atoms with Crippen LogP contribution in [0.1, 0.15) is 29.0 Å². The molecule has 0 saturated carbocycles. The van der Waals surface area contributed by atoms with Gasteiger partial charge in [-0.15, -0.1) is 0 Å². The van der Waals surface area contributed by atoms with Gasteiger partial charge >= 0.3 is 0 Å². The fraction of sp³-hybridized carbons (Fsp3) is 0.353. The highest BCUT2D eigenvalue weighted by atomic mass is 16.5. The van der Waals surface area contributed by atoms with E-state index in [-0.39, 0.29) is 5.91 Å². The highest BCUT2D eigenvalue weighted by molar-refractivity contribution is 6.03. The number of nitrogens with one attached hydrogen (secondary N) is 2. The van der Waals surface area contributed by atoms with Crippen LogP contribution in [0.3, 0.4) is 0 Å². The van der Waals surface area contributed by atoms with Crippen molar-refractivity contribution >= 4 is 17.3 Å². The first-order valence-electron chi connectivity index (χ1n) is 7.52. The molecule has 1 saturated heterocycles. The number of benzene rings is 1. The van der Waals surface area contributed by atoms with E-state index < -0.39 is 0 Å². The maximum Gasteiger partial charge on any atom is 0.291 e. The first-order chi connectivity index (χ1) is 10.7. The number of amides is 1. The molecule has 2 N–H and O–H groups in total. The van der Waals surface area contributed by atoms with Gasteiger partial charge in [0.15, 0.2) is 5.76 Å². The van der Waals surface area contributed by atoms with Crippen LogP contribution in [-0.2, 0) is 4.74 Å². The van der Waals surface area contributed by atoms with E-state index in [0.29, 0.717) is 11.8 Å². The van der Waals surface area contributed by atoms with E-state index in [9.17, 15) is 4.79 Å². The normalized spacial score (nSPS) is 15.5. The Kier molecular flexibility index (Phi) is 4.44. The van der Waals surface area contributed by atoms with Crippen LogP contribution in [0.15, 0.2) is 41.0 Å². The molecular formula is C17H20N2O3. The van der Waals surface area contributed by atoms with Crippen LogP contribution in [0.4, 0.5) is 11.4 Å². The molecule has 0 bridgehead atoms. The van der Waals surface area contributed by atoms with Gasteiger partial charge in [0.1, 0.15) is 0 Å². The maximum atomic E-state index is 12.1. The van der Waals surface area contributed by atoms with E-state index in [1.165, 1.54) is 6.26 Å². The van der Waals surface area contributed by atoms with Gasteiger partial charge in [0.25, 0.3) is 5.91 Å². The molecule has 22 heavy (non-hydrogen) atoms. The Morgan fingerprint density at radius 2 is 1.77 bits per heavy atom. The minimum absolute atomic E-state index is 0.229. The molecule has 1 aromatic carbocycles. The summed E-state index contributed by atoms with van der Waals surface area (Å²) in [7, 11) is 0. The smallest absolute Gasteiger partial charge is 0.291 e. The van der Waals surface area contributed by atoms with Gasteiger partial charge in [-0.3, -0.25) is 4.79 Å². The molecule has 0 spiro atoms. The molecule has 0 aliphatic carbocycles. The van der Waals surface area contributed by atoms with E-state index in [2.05, 4.69) is 10.6 Å². The fourth-order valence-electron chi connectivity index (χ4n) is 2.52. The Hall–Kier alpha value is -2.27. The first kappa shape index (κ1) is 14.7. The first-order valence-corrected chi connectivity index (χ1v) is 7.52. The van der Waals surface area contributed by atoms with E-state index in [1.54, 1.807) is 6.07 Å². The average Bonchev–Trinajstić information content (AvgIpc) is 2.96. The highest BCUT2D eigenvalue weighted by Gasteiger charge is 2.14. The molecule has 1 amide bonds. The number of anilines is 2. The van der Waals surface area contributed by atoms with E-state index in [0.717, 1.165) is 43.0 Å². The number of ether oxygens (including phenoxy) is 1. The van der Waals surface area contributed by atoms with E-state index in [1.807, 2.05) is 31.2 Å². The second kappa shape index (κ2) is 6.66. The van der Waals surface area contributed by atoms with Crippen molar-refractivity contribution in [1.82, 2.24) is 0 Å². The predicted molar refractivity (Wildman–Crippen MR) is 85.3 cm³/mol. The third kappa shape index (κ3) is 3.49. The summed E-state index contributed by atoms with van der Waals surface area (Å²) < 4.78 is 10.5. The van der Waals surface area contributed by atoms with Gasteiger partial charge in [-0.1, -0.05) is 0 Å². The molecule has 1 fully saturated rings. The predicted octanol–water partition coefficient (Wildman–Crippen LogP) is 3.43. The summed E-state index contributed by atoms with van der Waals surface area (Å²) in [4.78, 5) is 12.1. The largest absolute Gasteiger partial charge is 0.459 e. The van der Waals surface area contributed by atoms with Crippen LogP contribution >= 0.6 is 0 Å². The van der Waals surface area contributed by atoms with Crippen molar-refractivity contribution in [1.29, 1.82) is 0 Å². The lowest BCUT2D eigenvalue weighted by atomic mass is 10.1. The topological polar surface area (TPSA) is 63.5 Å². The summed E-state index contributed by atoms with van der Waals surface area (Å²) in [6.07, 6.45) is 3.57. The summed E-state index contributed by atoms with van der Waals surface area (Å²) in [5, 5.41) is 6.32. The molecule has 5 nitrogen and oxygen atoms in total. The molecule has 0 atom stereocenters. The van der Waals surface area contributed by atoms with Crippen molar-refractivity contribution in [3.8, 4) is 0 Å². The fourth-order valence-corrected chi connectivity index (χ4v) is 2.52. The molecule has 0 unspecified atom stereocenters. The minimum Gasteiger partial charge on any atom is -0.459 e. The van der Waals surface area contributed by atoms with Crippen LogP contribution in [0.5, 0.6) is 0 Å². The molecule has 0 radical (unpaired) electrons. The average molecular weight is 300 g/mol. The van der Waals surface area contributed by atoms with Crippen molar-refractivity contribution in [2.75, 3.05) is 23.8 Å². The Balaban J connectivity index is 1.59. The summed E-state index contributed by atoms with van der Waals surface area (Å²) in [5.41, 5.74) is 2.63. The van der Waals surface area contributed by atoms with Crippen LogP contribution in [0, 0.1) is 6.92 Å². The number of rotatable bonds is 4. The molecule has 2 heterocycles. The number of hydrogen-bond acceptors (Lipinski definition) is 4. The maximum absolute atomic E-state index is 12.1. The minimum atomic E-state index is -0.229. The van der Waals surface area contributed by atoms with Crippen molar-refractivity contribution < 1.29 is 13.9 Å². The second-order valence-electron chi connectivity index (χ2n) is 5.50. The molecule has 1 aromatic heterocycles. The molecule has 2 aromatic rings. The van der Waals surface area contributed by atoms with E-state index >= 15 is 0 Å². The van der Waals surface area contributed by atoms with Crippen LogP contribution in [0.2, 0.25) is 0 Å². The summed E-state index contributed by atoms with van der Waals surface area (Å²) in [5.74, 6) is 0.122. The lowest BCUT2D eigenvalue weighted by Crippen LogP contribution is -2.27. The molecule has 116 valence electrons. The molecule has 5 heteroatoms. The zero-order valence-electron chi connectivity index (χ0n) is 12.6. The van der Waals surface area contributed by atoms with Gasteiger partial charge in [-0.05, 0) is 50.1 Å². The Labute approximate surface area is 129 Å². The Bertz CT molecular complexity index is 628. The standard InChI is InChI=1S/C17H20N2O3/c1-12-6-11-22-16(12)17(20)19-14-4-2-13(3-5-14)18-15-7-9-21-10-8-15/h2-6,11,15,18H,7-10H2,1H3,(H,19,20). The zero-order chi connectivity index (χ0) is 15.4. The van der Waals surface area contributed by atoms with Crippen LogP contribution in [-0.4, -0.2) is 25.2 Å². The molecule has 1 aliphatic heterocycles. The number of hydrogen-bond donors (Lipinski definition) is 2. The third-order valence-electron chi connectivity index (χ3n) is 3.80. The Morgan fingerprint density at radius 1 is 1.09 bits per heavy atom. The van der Waals surface area contributed by atoms with Gasteiger partial charge in [-0.25, -0.2) is 0 Å². The van der Waals surface area contributed by atoms with Gasteiger partial charge in [0.05, 0.1) is 6.26 Å². The lowest BCUT2D eigenvalue weighted by Gasteiger charge is -2.24. The molecular weight excluding hydrogens is 280 g/mol. The van der Waals surface area contributed by atoms with Gasteiger partial charge in [-0.2, -0.15) is 0 Å². The zero-order valence-corrected chi connectivity index (χ0v) is 12.6. The third-order valence-corrected chi connectivity index (χ3v) is 3.80. The number of carbonyl (C=O) groups is 1. The monoisotopic (exact) mass is 300 g/mol. The quantitative estimate of drug-likeness (QED) is 0.908. The van der Waals surface area contributed by atoms with Crippen LogP contribution < -0.4 is 10.6 Å². The summed E-state index contributed by atoms with van der Waals surface area (Å²) in [6.45, 7) is 3.47. The summed E-state index contributed by atoms with van der Waals surface area (Å²) >= 11 is 0. The van der Waals surface area contributed by atoms with E-state index in [4.69, 9.17) is 9.15 Å². The van der Waals surface area contributed by atoms with Crippen molar-refractivity contribution in [2.45, 2.75) is 25.8 Å². The van der Waals surface area contributed by atoms with Crippen molar-refractivity contribution in [3.05, 3.63) is 47.9 Å². The second-order valence-corrected chi connectivity index (χ2v) is 5.50. The number of furan rings is 1. The lowest BCUT2D eigenvalue weighted by molar-refractivity contribution is 0.0904. The molecule has 1 aliphatic rings. The summed E-state index contributed by atoms with van der Waals surface area (Å²) in [6, 6.07) is 9.95. The van der Waals surface area contributed by atoms with Crippen LogP contribution in [0.25, 0.3) is 0 Å².